The first kappa shape index (κ1) is 27.2. The number of fused-ring (bicyclic) bond motifs is 1. The van der Waals surface area contributed by atoms with E-state index in [-0.39, 0.29) is 6.61 Å². The zero-order valence-electron chi connectivity index (χ0n) is 22.0. The Balaban J connectivity index is 1.39. The van der Waals surface area contributed by atoms with Crippen LogP contribution >= 0.6 is 23.5 Å². The summed E-state index contributed by atoms with van der Waals surface area (Å²) in [4.78, 5) is 39.3. The number of esters is 2. The number of hydrogen-bond donors (Lipinski definition) is 0. The van der Waals surface area contributed by atoms with Crippen LogP contribution in [0.3, 0.4) is 0 Å². The minimum Gasteiger partial charge on any atom is -0.459 e. The van der Waals surface area contributed by atoms with Crippen LogP contribution in [0.2, 0.25) is 0 Å². The van der Waals surface area contributed by atoms with Crippen LogP contribution in [0, 0.1) is 13.8 Å². The topological polar surface area (TPSA) is 105 Å². The number of nitrogens with zero attached hydrogens (tertiary/aromatic N) is 4. The highest BCUT2D eigenvalue weighted by molar-refractivity contribution is 7.99. The standard InChI is InChI=1S/C28H28N4O5S2/c1-16-5-9-18(10-6-16)26(33)35-14-21-20(37-27(34)19-11-7-17(2)8-12-19)13-22(36-21)32-15-29-24-23(32)25(38-3)31-28(30-24)39-4/h5-12,15,20-22H,13-14H2,1-4H3/t20-,21+,22-/m0/s1. The fourth-order valence-electron chi connectivity index (χ4n) is 4.32. The van der Waals surface area contributed by atoms with Gasteiger partial charge in [0.2, 0.25) is 0 Å². The third kappa shape index (κ3) is 5.95. The quantitative estimate of drug-likeness (QED) is 0.122. The van der Waals surface area contributed by atoms with Gasteiger partial charge in [-0.15, -0.1) is 11.8 Å². The lowest BCUT2D eigenvalue weighted by Crippen LogP contribution is -2.32. The van der Waals surface area contributed by atoms with Crippen molar-refractivity contribution in [2.24, 2.45) is 0 Å². The first-order valence-corrected chi connectivity index (χ1v) is 14.8. The van der Waals surface area contributed by atoms with Crippen LogP contribution in [0.15, 0.2) is 65.0 Å². The van der Waals surface area contributed by atoms with Crippen LogP contribution in [0.1, 0.15) is 44.5 Å². The van der Waals surface area contributed by atoms with E-state index in [1.165, 1.54) is 23.5 Å². The van der Waals surface area contributed by atoms with Crippen molar-refractivity contribution in [3.8, 4) is 0 Å². The lowest BCUT2D eigenvalue weighted by molar-refractivity contribution is -0.0563. The summed E-state index contributed by atoms with van der Waals surface area (Å²) < 4.78 is 19.7. The number of carbonyl (C=O) groups excluding carboxylic acids is 2. The Morgan fingerprint density at radius 3 is 2.21 bits per heavy atom. The number of imidazole rings is 1. The van der Waals surface area contributed by atoms with Gasteiger partial charge < -0.3 is 14.2 Å². The van der Waals surface area contributed by atoms with Gasteiger partial charge in [-0.3, -0.25) is 4.57 Å². The summed E-state index contributed by atoms with van der Waals surface area (Å²) in [6.07, 6.45) is 4.00. The van der Waals surface area contributed by atoms with E-state index < -0.39 is 30.4 Å². The summed E-state index contributed by atoms with van der Waals surface area (Å²) in [7, 11) is 0. The summed E-state index contributed by atoms with van der Waals surface area (Å²) in [5, 5.41) is 1.41. The number of aryl methyl sites for hydroxylation is 2. The predicted octanol–water partition coefficient (Wildman–Crippen LogP) is 5.26. The smallest absolute Gasteiger partial charge is 0.338 e. The number of benzene rings is 2. The molecule has 39 heavy (non-hydrogen) atoms. The van der Waals surface area contributed by atoms with Crippen LogP contribution in [0.25, 0.3) is 11.2 Å². The molecule has 0 N–H and O–H groups in total. The van der Waals surface area contributed by atoms with Gasteiger partial charge in [0.15, 0.2) is 10.8 Å². The normalized spacial score (nSPS) is 18.8. The maximum Gasteiger partial charge on any atom is 0.338 e. The molecule has 0 amide bonds. The fraction of sp³-hybridized carbons (Fsp3) is 0.321. The van der Waals surface area contributed by atoms with Gasteiger partial charge in [0.25, 0.3) is 0 Å². The first-order chi connectivity index (χ1) is 18.9. The fourth-order valence-corrected chi connectivity index (χ4v) is 5.30. The largest absolute Gasteiger partial charge is 0.459 e. The summed E-state index contributed by atoms with van der Waals surface area (Å²) in [5.41, 5.74) is 4.27. The maximum atomic E-state index is 13.0. The van der Waals surface area contributed by atoms with Crippen molar-refractivity contribution in [1.29, 1.82) is 0 Å². The minimum atomic E-state index is -0.680. The molecule has 4 aromatic rings. The van der Waals surface area contributed by atoms with E-state index in [4.69, 9.17) is 14.2 Å². The first-order valence-electron chi connectivity index (χ1n) is 12.4. The van der Waals surface area contributed by atoms with Crippen molar-refractivity contribution >= 4 is 46.6 Å². The average Bonchev–Trinajstić information content (AvgIpc) is 3.55. The van der Waals surface area contributed by atoms with E-state index >= 15 is 0 Å². The van der Waals surface area contributed by atoms with Crippen LogP contribution in [0.4, 0.5) is 0 Å². The zero-order valence-corrected chi connectivity index (χ0v) is 23.6. The maximum absolute atomic E-state index is 13.0. The number of thioether (sulfide) groups is 2. The number of rotatable bonds is 8. The molecule has 1 aliphatic rings. The molecule has 0 aliphatic carbocycles. The van der Waals surface area contributed by atoms with E-state index in [2.05, 4.69) is 15.0 Å². The van der Waals surface area contributed by atoms with Gasteiger partial charge in [-0.2, -0.15) is 0 Å². The molecular weight excluding hydrogens is 536 g/mol. The van der Waals surface area contributed by atoms with Crippen molar-refractivity contribution in [2.45, 2.75) is 48.9 Å². The van der Waals surface area contributed by atoms with E-state index in [1.807, 2.05) is 55.2 Å². The summed E-state index contributed by atoms with van der Waals surface area (Å²) in [6.45, 7) is 3.82. The Morgan fingerprint density at radius 1 is 0.949 bits per heavy atom. The molecule has 0 saturated carbocycles. The number of ether oxygens (including phenoxy) is 3. The van der Waals surface area contributed by atoms with E-state index in [0.29, 0.717) is 28.4 Å². The van der Waals surface area contributed by atoms with Crippen LogP contribution in [0.5, 0.6) is 0 Å². The van der Waals surface area contributed by atoms with Gasteiger partial charge in [0.05, 0.1) is 17.5 Å². The second-order valence-electron chi connectivity index (χ2n) is 9.18. The highest BCUT2D eigenvalue weighted by Gasteiger charge is 2.41. The van der Waals surface area contributed by atoms with Gasteiger partial charge in [-0.05, 0) is 50.6 Å². The highest BCUT2D eigenvalue weighted by Crippen LogP contribution is 2.36. The summed E-state index contributed by atoms with van der Waals surface area (Å²) in [5.74, 6) is -0.936. The molecule has 202 valence electrons. The molecule has 0 spiro atoms. The molecule has 9 nitrogen and oxygen atoms in total. The van der Waals surface area contributed by atoms with E-state index in [9.17, 15) is 9.59 Å². The van der Waals surface area contributed by atoms with Crippen molar-refractivity contribution in [3.63, 3.8) is 0 Å². The number of hydrogen-bond acceptors (Lipinski definition) is 10. The third-order valence-corrected chi connectivity index (χ3v) is 7.67. The third-order valence-electron chi connectivity index (χ3n) is 6.45. The van der Waals surface area contributed by atoms with Crippen molar-refractivity contribution in [2.75, 3.05) is 19.1 Å². The molecule has 0 unspecified atom stereocenters. The van der Waals surface area contributed by atoms with Gasteiger partial charge in [-0.25, -0.2) is 24.5 Å². The number of carbonyl (C=O) groups is 2. The molecule has 3 heterocycles. The molecule has 5 rings (SSSR count). The molecular formula is C28H28N4O5S2. The predicted molar refractivity (Wildman–Crippen MR) is 149 cm³/mol. The monoisotopic (exact) mass is 564 g/mol. The van der Waals surface area contributed by atoms with Crippen molar-refractivity contribution < 1.29 is 23.8 Å². The number of aromatic nitrogens is 4. The highest BCUT2D eigenvalue weighted by atomic mass is 32.2. The molecule has 1 fully saturated rings. The average molecular weight is 565 g/mol. The van der Waals surface area contributed by atoms with Gasteiger partial charge in [0.1, 0.15) is 35.6 Å². The molecule has 11 heteroatoms. The van der Waals surface area contributed by atoms with Gasteiger partial charge in [-0.1, -0.05) is 47.2 Å². The minimum absolute atomic E-state index is 0.0792. The van der Waals surface area contributed by atoms with Gasteiger partial charge in [0, 0.05) is 6.42 Å². The Hall–Kier alpha value is -3.41. The molecule has 2 aromatic heterocycles. The van der Waals surface area contributed by atoms with Crippen LogP contribution in [-0.4, -0.2) is 62.8 Å². The van der Waals surface area contributed by atoms with Crippen LogP contribution < -0.4 is 0 Å². The molecule has 0 radical (unpaired) electrons. The lowest BCUT2D eigenvalue weighted by Gasteiger charge is -2.19. The molecule has 2 aromatic carbocycles. The SMILES string of the molecule is CSc1nc(SC)c2c(ncn2[C@@H]2C[C@H](OC(=O)c3ccc(C)cc3)[C@@H](COC(=O)c3ccc(C)cc3)O2)n1. The molecule has 3 atom stereocenters. The molecule has 0 bridgehead atoms. The van der Waals surface area contributed by atoms with Crippen LogP contribution in [-0.2, 0) is 14.2 Å². The zero-order chi connectivity index (χ0) is 27.5. The van der Waals surface area contributed by atoms with E-state index in [0.717, 1.165) is 21.7 Å². The molecule has 1 saturated heterocycles. The summed E-state index contributed by atoms with van der Waals surface area (Å²) in [6, 6.07) is 14.3. The van der Waals surface area contributed by atoms with Gasteiger partial charge >= 0.3 is 11.9 Å². The Labute approximate surface area is 234 Å². The van der Waals surface area contributed by atoms with Crippen molar-refractivity contribution in [3.05, 3.63) is 77.1 Å². The lowest BCUT2D eigenvalue weighted by atomic mass is 10.1. The van der Waals surface area contributed by atoms with Crippen molar-refractivity contribution in [1.82, 2.24) is 19.5 Å². The van der Waals surface area contributed by atoms with E-state index in [1.54, 1.807) is 30.6 Å². The Bertz CT molecular complexity index is 1490. The Kier molecular flexibility index (Phi) is 8.20. The second kappa shape index (κ2) is 11.8. The second-order valence-corrected chi connectivity index (χ2v) is 10.8. The summed E-state index contributed by atoms with van der Waals surface area (Å²) >= 11 is 2.94. The molecule has 1 aliphatic heterocycles. The Morgan fingerprint density at radius 2 is 1.59 bits per heavy atom.